The molecule has 1 aliphatic rings. The van der Waals surface area contributed by atoms with Gasteiger partial charge in [-0.1, -0.05) is 30.3 Å². The quantitative estimate of drug-likeness (QED) is 0.501. The fourth-order valence-electron chi connectivity index (χ4n) is 3.71. The van der Waals surface area contributed by atoms with Crippen LogP contribution in [0.15, 0.2) is 66.7 Å². The highest BCUT2D eigenvalue weighted by Crippen LogP contribution is 2.33. The molecule has 1 amide bonds. The predicted molar refractivity (Wildman–Crippen MR) is 118 cm³/mol. The molecule has 4 aromatic rings. The molecule has 0 unspecified atom stereocenters. The number of sulfone groups is 1. The van der Waals surface area contributed by atoms with Gasteiger partial charge in [-0.2, -0.15) is 5.10 Å². The summed E-state index contributed by atoms with van der Waals surface area (Å²) in [5.74, 6) is -0.505. The number of halogens is 1. The average Bonchev–Trinajstić information content (AvgIpc) is 3.25. The summed E-state index contributed by atoms with van der Waals surface area (Å²) in [4.78, 5) is 12.7. The van der Waals surface area contributed by atoms with Crippen LogP contribution in [-0.4, -0.2) is 30.7 Å². The fourth-order valence-corrected chi connectivity index (χ4v) is 5.21. The summed E-state index contributed by atoms with van der Waals surface area (Å²) >= 11 is 0. The maximum absolute atomic E-state index is 13.3. The van der Waals surface area contributed by atoms with Crippen molar-refractivity contribution in [3.63, 3.8) is 0 Å². The molecule has 0 spiro atoms. The molecule has 0 saturated carbocycles. The van der Waals surface area contributed by atoms with Gasteiger partial charge in [0.15, 0.2) is 16.4 Å². The predicted octanol–water partition coefficient (Wildman–Crippen LogP) is 3.61. The molecule has 0 saturated heterocycles. The minimum atomic E-state index is -3.32. The van der Waals surface area contributed by atoms with Crippen LogP contribution in [0.3, 0.4) is 0 Å². The third kappa shape index (κ3) is 3.94. The standard InChI is InChI=1S/C23H18FN3O4S/c24-17-6-8-18(9-7-17)27-23(20-13-32(29,30)14-21(20)26-27)25-22(28)12-31-19-10-5-15-3-1-2-4-16(15)11-19/h1-11H,12-14H2,(H,25,28). The largest absolute Gasteiger partial charge is 0.484 e. The monoisotopic (exact) mass is 451 g/mol. The Morgan fingerprint density at radius 1 is 1.03 bits per heavy atom. The number of nitrogens with one attached hydrogen (secondary N) is 1. The molecule has 1 aliphatic heterocycles. The highest BCUT2D eigenvalue weighted by molar-refractivity contribution is 7.90. The topological polar surface area (TPSA) is 90.3 Å². The highest BCUT2D eigenvalue weighted by atomic mass is 32.2. The Balaban J connectivity index is 1.38. The third-order valence-corrected chi connectivity index (χ3v) is 6.65. The molecule has 162 valence electrons. The van der Waals surface area contributed by atoms with Crippen LogP contribution in [-0.2, 0) is 26.1 Å². The van der Waals surface area contributed by atoms with Crippen molar-refractivity contribution in [2.24, 2.45) is 0 Å². The van der Waals surface area contributed by atoms with Crippen molar-refractivity contribution >= 4 is 32.3 Å². The lowest BCUT2D eigenvalue weighted by molar-refractivity contribution is -0.118. The number of fused-ring (bicyclic) bond motifs is 2. The molecule has 0 radical (unpaired) electrons. The number of aromatic nitrogens is 2. The minimum Gasteiger partial charge on any atom is -0.484 e. The molecule has 5 rings (SSSR count). The number of anilines is 1. The zero-order valence-electron chi connectivity index (χ0n) is 16.8. The van der Waals surface area contributed by atoms with E-state index < -0.39 is 21.6 Å². The van der Waals surface area contributed by atoms with Gasteiger partial charge in [-0.05, 0) is 47.2 Å². The van der Waals surface area contributed by atoms with Gasteiger partial charge in [0.25, 0.3) is 5.91 Å². The maximum atomic E-state index is 13.3. The smallest absolute Gasteiger partial charge is 0.263 e. The van der Waals surface area contributed by atoms with Crippen LogP contribution >= 0.6 is 0 Å². The van der Waals surface area contributed by atoms with Crippen LogP contribution in [0.1, 0.15) is 11.3 Å². The van der Waals surface area contributed by atoms with Crippen molar-refractivity contribution in [3.05, 3.63) is 83.8 Å². The Labute approximate surface area is 183 Å². The molecule has 0 fully saturated rings. The summed E-state index contributed by atoms with van der Waals surface area (Å²) in [7, 11) is -3.32. The highest BCUT2D eigenvalue weighted by Gasteiger charge is 2.33. The van der Waals surface area contributed by atoms with Crippen molar-refractivity contribution in [2.45, 2.75) is 11.5 Å². The molecule has 3 aromatic carbocycles. The number of benzene rings is 3. The molecule has 0 bridgehead atoms. The maximum Gasteiger partial charge on any atom is 0.263 e. The number of nitrogens with zero attached hydrogens (tertiary/aromatic N) is 2. The van der Waals surface area contributed by atoms with Gasteiger partial charge in [0, 0.05) is 5.56 Å². The van der Waals surface area contributed by atoms with Gasteiger partial charge in [0.05, 0.1) is 22.9 Å². The molecule has 32 heavy (non-hydrogen) atoms. The Hall–Kier alpha value is -3.72. The van der Waals surface area contributed by atoms with Crippen LogP contribution < -0.4 is 10.1 Å². The van der Waals surface area contributed by atoms with Gasteiger partial charge >= 0.3 is 0 Å². The van der Waals surface area contributed by atoms with E-state index in [0.29, 0.717) is 22.7 Å². The minimum absolute atomic E-state index is 0.201. The van der Waals surface area contributed by atoms with E-state index in [4.69, 9.17) is 4.74 Å². The lowest BCUT2D eigenvalue weighted by Gasteiger charge is -2.12. The van der Waals surface area contributed by atoms with Crippen LogP contribution in [0.4, 0.5) is 10.2 Å². The Bertz CT molecular complexity index is 1450. The normalized spacial score (nSPS) is 14.3. The van der Waals surface area contributed by atoms with Crippen LogP contribution in [0.25, 0.3) is 16.5 Å². The molecule has 9 heteroatoms. The number of ether oxygens (including phenoxy) is 1. The average molecular weight is 451 g/mol. The molecule has 1 N–H and O–H groups in total. The Kier molecular flexibility index (Phi) is 4.90. The summed E-state index contributed by atoms with van der Waals surface area (Å²) in [5, 5.41) is 9.13. The summed E-state index contributed by atoms with van der Waals surface area (Å²) < 4.78 is 44.5. The van der Waals surface area contributed by atoms with E-state index in [-0.39, 0.29) is 23.9 Å². The molecule has 1 aromatic heterocycles. The lowest BCUT2D eigenvalue weighted by atomic mass is 10.1. The first-order valence-electron chi connectivity index (χ1n) is 9.86. The van der Waals surface area contributed by atoms with Gasteiger partial charge in [-0.3, -0.25) is 4.79 Å². The van der Waals surface area contributed by atoms with Gasteiger partial charge in [-0.25, -0.2) is 17.5 Å². The zero-order chi connectivity index (χ0) is 22.3. The number of rotatable bonds is 5. The first-order valence-corrected chi connectivity index (χ1v) is 11.7. The fraction of sp³-hybridized carbons (Fsp3) is 0.130. The molecule has 0 atom stereocenters. The number of carbonyl (C=O) groups excluding carboxylic acids is 1. The van der Waals surface area contributed by atoms with E-state index >= 15 is 0 Å². The summed E-state index contributed by atoms with van der Waals surface area (Å²) in [6, 6.07) is 18.9. The van der Waals surface area contributed by atoms with Crippen LogP contribution in [0.2, 0.25) is 0 Å². The van der Waals surface area contributed by atoms with Gasteiger partial charge in [0.2, 0.25) is 0 Å². The summed E-state index contributed by atoms with van der Waals surface area (Å²) in [6.07, 6.45) is 0. The number of hydrogen-bond acceptors (Lipinski definition) is 5. The van der Waals surface area contributed by atoms with Crippen molar-refractivity contribution in [1.82, 2.24) is 9.78 Å². The summed E-state index contributed by atoms with van der Waals surface area (Å²) in [5.41, 5.74) is 1.32. The molecular formula is C23H18FN3O4S. The van der Waals surface area contributed by atoms with Crippen molar-refractivity contribution < 1.29 is 22.3 Å². The second-order valence-corrected chi connectivity index (χ2v) is 9.60. The van der Waals surface area contributed by atoms with E-state index in [1.54, 1.807) is 6.07 Å². The Morgan fingerprint density at radius 3 is 2.56 bits per heavy atom. The van der Waals surface area contributed by atoms with Crippen molar-refractivity contribution in [1.29, 1.82) is 0 Å². The second kappa shape index (κ2) is 7.76. The molecular weight excluding hydrogens is 433 g/mol. The third-order valence-electron chi connectivity index (χ3n) is 5.21. The summed E-state index contributed by atoms with van der Waals surface area (Å²) in [6.45, 7) is -0.269. The number of hydrogen-bond donors (Lipinski definition) is 1. The van der Waals surface area contributed by atoms with Crippen molar-refractivity contribution in [2.75, 3.05) is 11.9 Å². The van der Waals surface area contributed by atoms with Gasteiger partial charge in [0.1, 0.15) is 17.4 Å². The van der Waals surface area contributed by atoms with Crippen LogP contribution in [0.5, 0.6) is 5.75 Å². The molecule has 2 heterocycles. The first kappa shape index (κ1) is 20.2. The van der Waals surface area contributed by atoms with Crippen molar-refractivity contribution in [3.8, 4) is 11.4 Å². The van der Waals surface area contributed by atoms with E-state index in [1.807, 2.05) is 36.4 Å². The SMILES string of the molecule is O=C(COc1ccc2ccccc2c1)Nc1c2c(nn1-c1ccc(F)cc1)CS(=O)(=O)C2. The number of amides is 1. The second-order valence-electron chi connectivity index (χ2n) is 7.54. The molecule has 7 nitrogen and oxygen atoms in total. The van der Waals surface area contributed by atoms with E-state index in [9.17, 15) is 17.6 Å². The Morgan fingerprint density at radius 2 is 1.78 bits per heavy atom. The van der Waals surface area contributed by atoms with Gasteiger partial charge < -0.3 is 10.1 Å². The lowest BCUT2D eigenvalue weighted by Crippen LogP contribution is -2.22. The van der Waals surface area contributed by atoms with Crippen LogP contribution in [0, 0.1) is 5.82 Å². The van der Waals surface area contributed by atoms with E-state index in [1.165, 1.54) is 28.9 Å². The van der Waals surface area contributed by atoms with Gasteiger partial charge in [-0.15, -0.1) is 0 Å². The first-order chi connectivity index (χ1) is 15.4. The van der Waals surface area contributed by atoms with E-state index in [0.717, 1.165) is 10.8 Å². The number of carbonyl (C=O) groups is 1. The zero-order valence-corrected chi connectivity index (χ0v) is 17.6. The van der Waals surface area contributed by atoms with E-state index in [2.05, 4.69) is 10.4 Å². The molecule has 0 aliphatic carbocycles.